The summed E-state index contributed by atoms with van der Waals surface area (Å²) in [5, 5.41) is 2.80. The van der Waals surface area contributed by atoms with Crippen LogP contribution in [0.2, 0.25) is 0 Å². The molecule has 2 N–H and O–H groups in total. The van der Waals surface area contributed by atoms with E-state index >= 15 is 0 Å². The van der Waals surface area contributed by atoms with Crippen molar-refractivity contribution in [1.82, 2.24) is 15.3 Å². The molecule has 31 heavy (non-hydrogen) atoms. The van der Waals surface area contributed by atoms with E-state index < -0.39 is 23.6 Å². The lowest BCUT2D eigenvalue weighted by atomic mass is 10.1. The Morgan fingerprint density at radius 3 is 2.35 bits per heavy atom. The molecular weight excluding hydrogens is 421 g/mol. The van der Waals surface area contributed by atoms with Crippen LogP contribution in [0.25, 0.3) is 22.5 Å². The highest BCUT2D eigenvalue weighted by Crippen LogP contribution is 2.27. The molecule has 10 heteroatoms. The first-order chi connectivity index (χ1) is 14.6. The number of rotatable bonds is 2. The number of carbonyl (C=O) groups is 2. The number of amides is 1. The summed E-state index contributed by atoms with van der Waals surface area (Å²) in [4.78, 5) is 28.7. The third-order valence-corrected chi connectivity index (χ3v) is 4.49. The maximum atomic E-state index is 13.4. The normalized spacial score (nSPS) is 13.0. The largest absolute Gasteiger partial charge is 0.449 e. The molecule has 1 aliphatic rings. The van der Waals surface area contributed by atoms with E-state index in [-0.39, 0.29) is 5.91 Å². The minimum Gasteiger partial charge on any atom is -0.358 e. The summed E-state index contributed by atoms with van der Waals surface area (Å²) >= 11 is 0. The molecule has 0 unspecified atom stereocenters. The third kappa shape index (κ3) is 5.14. The average Bonchev–Trinajstić information content (AvgIpc) is 3.16. The first-order valence-electron chi connectivity index (χ1n) is 9.06. The van der Waals surface area contributed by atoms with Crippen molar-refractivity contribution < 1.29 is 31.5 Å². The molecule has 0 aliphatic carbocycles. The first kappa shape index (κ1) is 22.1. The molecule has 0 spiro atoms. The quantitative estimate of drug-likeness (QED) is 0.582. The summed E-state index contributed by atoms with van der Waals surface area (Å²) in [7, 11) is 0. The summed E-state index contributed by atoms with van der Waals surface area (Å²) < 4.78 is 59.0. The molecule has 4 rings (SSSR count). The van der Waals surface area contributed by atoms with Crippen molar-refractivity contribution >= 4 is 11.7 Å². The number of hydrogen-bond acceptors (Lipinski definition) is 3. The van der Waals surface area contributed by atoms with E-state index in [0.29, 0.717) is 30.3 Å². The number of aromatic amines is 1. The summed E-state index contributed by atoms with van der Waals surface area (Å²) in [5.41, 5.74) is 4.19. The van der Waals surface area contributed by atoms with Crippen molar-refractivity contribution in [2.75, 3.05) is 6.54 Å². The van der Waals surface area contributed by atoms with Gasteiger partial charge in [0.1, 0.15) is 0 Å². The van der Waals surface area contributed by atoms with Gasteiger partial charge in [0.2, 0.25) is 5.78 Å². The van der Waals surface area contributed by atoms with Gasteiger partial charge < -0.3 is 10.3 Å². The summed E-state index contributed by atoms with van der Waals surface area (Å²) in [5.74, 6) is -3.65. The SMILES string of the molecule is CC(=O)C(F)(F)F.O=C1NCCc2[nH]c(-c3ccnc(-c4ccc(F)c(F)c4)c3)cc21. The van der Waals surface area contributed by atoms with E-state index in [1.807, 2.05) is 0 Å². The maximum Gasteiger partial charge on any atom is 0.449 e. The lowest BCUT2D eigenvalue weighted by molar-refractivity contribution is -0.168. The van der Waals surface area contributed by atoms with Crippen molar-refractivity contribution in [2.24, 2.45) is 0 Å². The molecule has 5 nitrogen and oxygen atoms in total. The van der Waals surface area contributed by atoms with E-state index in [9.17, 15) is 31.5 Å². The van der Waals surface area contributed by atoms with E-state index in [4.69, 9.17) is 0 Å². The topological polar surface area (TPSA) is 74.8 Å². The van der Waals surface area contributed by atoms with Gasteiger partial charge in [-0.3, -0.25) is 14.6 Å². The summed E-state index contributed by atoms with van der Waals surface area (Å²) in [6.45, 7) is 1.10. The molecule has 0 saturated heterocycles. The zero-order chi connectivity index (χ0) is 22.8. The minimum atomic E-state index is -4.64. The molecule has 0 fully saturated rings. The molecular formula is C21H16F5N3O2. The summed E-state index contributed by atoms with van der Waals surface area (Å²) in [6.07, 6.45) is -2.28. The van der Waals surface area contributed by atoms with Gasteiger partial charge >= 0.3 is 6.18 Å². The van der Waals surface area contributed by atoms with Crippen LogP contribution in [0.15, 0.2) is 42.6 Å². The highest BCUT2D eigenvalue weighted by atomic mass is 19.4. The molecule has 0 radical (unpaired) electrons. The molecule has 1 aliphatic heterocycles. The Morgan fingerprint density at radius 2 is 1.74 bits per heavy atom. The number of nitrogens with one attached hydrogen (secondary N) is 2. The number of ketones is 1. The van der Waals surface area contributed by atoms with Gasteiger partial charge in [0.05, 0.1) is 11.3 Å². The Morgan fingerprint density at radius 1 is 1.03 bits per heavy atom. The van der Waals surface area contributed by atoms with Crippen molar-refractivity contribution in [3.63, 3.8) is 0 Å². The van der Waals surface area contributed by atoms with Gasteiger partial charge in [0, 0.05) is 48.6 Å². The number of benzene rings is 1. The number of aromatic nitrogens is 2. The van der Waals surface area contributed by atoms with E-state index in [0.717, 1.165) is 35.5 Å². The Balaban J connectivity index is 0.000000339. The van der Waals surface area contributed by atoms with E-state index in [1.54, 1.807) is 24.4 Å². The lowest BCUT2D eigenvalue weighted by Gasteiger charge is -2.10. The molecule has 0 atom stereocenters. The second-order valence-corrected chi connectivity index (χ2v) is 6.69. The number of halogens is 5. The van der Waals surface area contributed by atoms with Gasteiger partial charge in [0.25, 0.3) is 5.91 Å². The molecule has 2 aromatic heterocycles. The van der Waals surface area contributed by atoms with Crippen LogP contribution in [0, 0.1) is 11.6 Å². The van der Waals surface area contributed by atoms with Gasteiger partial charge in [-0.05, 0) is 36.4 Å². The van der Waals surface area contributed by atoms with Crippen LogP contribution < -0.4 is 5.32 Å². The summed E-state index contributed by atoms with van der Waals surface area (Å²) in [6, 6.07) is 9.07. The third-order valence-electron chi connectivity index (χ3n) is 4.49. The molecule has 0 bridgehead atoms. The Hall–Kier alpha value is -3.56. The first-order valence-corrected chi connectivity index (χ1v) is 9.06. The standard InChI is InChI=1S/C18H13F2N3O.C3H3F3O/c19-13-2-1-10(7-14(13)20)16-8-11(3-5-21-16)17-9-12-15(23-17)4-6-22-18(12)24;1-2(7)3(4,5)6/h1-3,5,7-9,23H,4,6H2,(H,22,24);1H3. The maximum absolute atomic E-state index is 13.4. The molecule has 1 aromatic carbocycles. The van der Waals surface area contributed by atoms with Crippen LogP contribution >= 0.6 is 0 Å². The number of nitrogens with zero attached hydrogens (tertiary/aromatic N) is 1. The predicted molar refractivity (Wildman–Crippen MR) is 102 cm³/mol. The van der Waals surface area contributed by atoms with Crippen molar-refractivity contribution in [3.8, 4) is 22.5 Å². The van der Waals surface area contributed by atoms with E-state index in [2.05, 4.69) is 15.3 Å². The zero-order valence-corrected chi connectivity index (χ0v) is 16.1. The highest BCUT2D eigenvalue weighted by molar-refractivity contribution is 5.97. The Labute approximate surface area is 173 Å². The van der Waals surface area contributed by atoms with Gasteiger partial charge in [-0.2, -0.15) is 13.2 Å². The molecule has 0 saturated carbocycles. The fourth-order valence-corrected chi connectivity index (χ4v) is 2.86. The van der Waals surface area contributed by atoms with Gasteiger partial charge in [-0.1, -0.05) is 0 Å². The van der Waals surface area contributed by atoms with Crippen LogP contribution in [-0.4, -0.2) is 34.4 Å². The van der Waals surface area contributed by atoms with Crippen LogP contribution in [0.5, 0.6) is 0 Å². The van der Waals surface area contributed by atoms with Crippen molar-refractivity contribution in [1.29, 1.82) is 0 Å². The molecule has 162 valence electrons. The number of pyridine rings is 1. The number of Topliss-reactive ketones (excluding diaryl/α,β-unsaturated/α-hetero) is 1. The van der Waals surface area contributed by atoms with Crippen LogP contribution in [-0.2, 0) is 11.2 Å². The van der Waals surface area contributed by atoms with Crippen LogP contribution in [0.3, 0.4) is 0 Å². The van der Waals surface area contributed by atoms with Crippen LogP contribution in [0.4, 0.5) is 22.0 Å². The lowest BCUT2D eigenvalue weighted by Crippen LogP contribution is -2.31. The monoisotopic (exact) mass is 437 g/mol. The van der Waals surface area contributed by atoms with Crippen LogP contribution in [0.1, 0.15) is 23.0 Å². The highest BCUT2D eigenvalue weighted by Gasteiger charge is 2.33. The number of fused-ring (bicyclic) bond motifs is 1. The predicted octanol–water partition coefficient (Wildman–Crippen LogP) is 4.45. The number of carbonyl (C=O) groups excluding carboxylic acids is 2. The van der Waals surface area contributed by atoms with Gasteiger partial charge in [-0.25, -0.2) is 8.78 Å². The second kappa shape index (κ2) is 8.66. The van der Waals surface area contributed by atoms with Crippen molar-refractivity contribution in [2.45, 2.75) is 19.5 Å². The average molecular weight is 437 g/mol. The fraction of sp³-hybridized carbons (Fsp3) is 0.190. The molecule has 3 heterocycles. The molecule has 1 amide bonds. The second-order valence-electron chi connectivity index (χ2n) is 6.69. The van der Waals surface area contributed by atoms with Gasteiger partial charge in [0.15, 0.2) is 11.6 Å². The van der Waals surface area contributed by atoms with Crippen molar-refractivity contribution in [3.05, 3.63) is 65.5 Å². The number of hydrogen-bond donors (Lipinski definition) is 2. The smallest absolute Gasteiger partial charge is 0.358 e. The van der Waals surface area contributed by atoms with E-state index in [1.165, 1.54) is 6.07 Å². The Bertz CT molecular complexity index is 1140. The fourth-order valence-electron chi connectivity index (χ4n) is 2.86. The minimum absolute atomic E-state index is 0.0892. The number of H-pyrrole nitrogens is 1. The number of alkyl halides is 3. The Kier molecular flexibility index (Phi) is 6.19. The zero-order valence-electron chi connectivity index (χ0n) is 16.1. The van der Waals surface area contributed by atoms with Gasteiger partial charge in [-0.15, -0.1) is 0 Å². The molecule has 3 aromatic rings.